The Bertz CT molecular complexity index is 1130. The normalized spacial score (nSPS) is 21.7. The van der Waals surface area contributed by atoms with E-state index in [9.17, 15) is 4.79 Å². The maximum absolute atomic E-state index is 12.9. The van der Waals surface area contributed by atoms with Gasteiger partial charge in [0.1, 0.15) is 18.1 Å². The summed E-state index contributed by atoms with van der Waals surface area (Å²) >= 11 is 0. The third kappa shape index (κ3) is 7.25. The number of nitrogens with one attached hydrogen (secondary N) is 3. The molecule has 3 rings (SSSR count). The van der Waals surface area contributed by atoms with E-state index >= 15 is 0 Å². The second kappa shape index (κ2) is 12.8. The number of hydrogen-bond donors (Lipinski definition) is 3. The molecule has 9 heteroatoms. The van der Waals surface area contributed by atoms with Crippen molar-refractivity contribution in [1.82, 2.24) is 5.01 Å². The number of ketones is 1. The standard InChI is InChI=1S/C28H36N6O3/c1-20(19-25(35)28(3)31-23-16-10-11-17-24(23)37-28)13-7-5-6-12-18-36-32-26(27(29)34(4)33-30)22-15-9-8-14-21(22)2/h5-12,15-17,20-21,29-31H,13-14,18-19H2,1-4H3/b7-5-,12-6+,29-27?,32-26-,33-30?/t20-,21?,28?/m0/s1. The van der Waals surface area contributed by atoms with Crippen LogP contribution in [0.1, 0.15) is 40.0 Å². The van der Waals surface area contributed by atoms with Crippen LogP contribution in [0, 0.1) is 22.8 Å². The number of para-hydroxylation sites is 2. The second-order valence-electron chi connectivity index (χ2n) is 9.48. The highest BCUT2D eigenvalue weighted by atomic mass is 16.6. The summed E-state index contributed by atoms with van der Waals surface area (Å²) < 4.78 is 5.88. The second-order valence-corrected chi connectivity index (χ2v) is 9.48. The lowest BCUT2D eigenvalue weighted by Gasteiger charge is -2.24. The molecule has 1 aromatic rings. The number of carbonyl (C=O) groups excluding carboxylic acids is 1. The Hall–Kier alpha value is -4.01. The molecule has 0 amide bonds. The molecule has 0 saturated heterocycles. The summed E-state index contributed by atoms with van der Waals surface area (Å²) in [6.07, 6.45) is 15.6. The number of fused-ring (bicyclic) bond motifs is 1. The van der Waals surface area contributed by atoms with E-state index in [0.29, 0.717) is 17.9 Å². The van der Waals surface area contributed by atoms with Gasteiger partial charge in [0.25, 0.3) is 0 Å². The van der Waals surface area contributed by atoms with E-state index in [0.717, 1.165) is 29.1 Å². The van der Waals surface area contributed by atoms with Crippen molar-refractivity contribution in [3.8, 4) is 5.75 Å². The molecule has 3 N–H and O–H groups in total. The third-order valence-corrected chi connectivity index (χ3v) is 6.29. The molecule has 2 aliphatic rings. The van der Waals surface area contributed by atoms with E-state index in [1.54, 1.807) is 6.92 Å². The fraction of sp³-hybridized carbons (Fsp3) is 0.393. The minimum absolute atomic E-state index is 0.00625. The number of benzene rings is 1. The molecule has 2 unspecified atom stereocenters. The molecule has 1 aromatic carbocycles. The lowest BCUT2D eigenvalue weighted by atomic mass is 9.89. The first-order chi connectivity index (χ1) is 17.7. The predicted molar refractivity (Wildman–Crippen MR) is 146 cm³/mol. The zero-order chi connectivity index (χ0) is 26.8. The predicted octanol–water partition coefficient (Wildman–Crippen LogP) is 6.05. The van der Waals surface area contributed by atoms with E-state index in [2.05, 4.69) is 28.7 Å². The number of amidine groups is 1. The van der Waals surface area contributed by atoms with Crippen LogP contribution < -0.4 is 10.1 Å². The van der Waals surface area contributed by atoms with E-state index in [-0.39, 0.29) is 30.1 Å². The maximum atomic E-state index is 12.9. The van der Waals surface area contributed by atoms with E-state index in [4.69, 9.17) is 20.5 Å². The summed E-state index contributed by atoms with van der Waals surface area (Å²) in [7, 11) is 1.53. The number of Topliss-reactive ketones (excluding diaryl/α,β-unsaturated/α-hetero) is 1. The molecule has 196 valence electrons. The molecule has 0 radical (unpaired) electrons. The van der Waals surface area contributed by atoms with Gasteiger partial charge in [-0.3, -0.25) is 10.2 Å². The number of rotatable bonds is 12. The van der Waals surface area contributed by atoms with Crippen LogP contribution in [0.2, 0.25) is 0 Å². The SMILES string of the molecule is CC1CC=CC=C1/C(=N/OC/C=C/C=C\C[C@H](C)CC(=O)C1(C)Nc2ccccc2O1)C(=N)N(C)N=N. The molecule has 3 atom stereocenters. The Labute approximate surface area is 218 Å². The van der Waals surface area contributed by atoms with Gasteiger partial charge in [0, 0.05) is 20.4 Å². The topological polar surface area (TPSA) is 123 Å². The van der Waals surface area contributed by atoms with Gasteiger partial charge in [-0.2, -0.15) is 5.53 Å². The summed E-state index contributed by atoms with van der Waals surface area (Å²) in [5.74, 6) is 1.08. The van der Waals surface area contributed by atoms with Gasteiger partial charge < -0.3 is 14.9 Å². The van der Waals surface area contributed by atoms with Gasteiger partial charge in [-0.15, -0.1) is 0 Å². The van der Waals surface area contributed by atoms with Crippen molar-refractivity contribution in [2.75, 3.05) is 19.0 Å². The smallest absolute Gasteiger partial charge is 0.237 e. The Morgan fingerprint density at radius 3 is 2.84 bits per heavy atom. The minimum atomic E-state index is -1.03. The monoisotopic (exact) mass is 504 g/mol. The summed E-state index contributed by atoms with van der Waals surface area (Å²) in [4.78, 5) is 18.3. The molecule has 0 bridgehead atoms. The van der Waals surface area contributed by atoms with Crippen LogP contribution in [0.3, 0.4) is 0 Å². The van der Waals surface area contributed by atoms with Gasteiger partial charge >= 0.3 is 0 Å². The first-order valence-corrected chi connectivity index (χ1v) is 12.4. The van der Waals surface area contributed by atoms with Gasteiger partial charge in [0.15, 0.2) is 11.6 Å². The van der Waals surface area contributed by atoms with Crippen LogP contribution in [0.5, 0.6) is 5.75 Å². The van der Waals surface area contributed by atoms with Gasteiger partial charge in [-0.1, -0.05) is 72.8 Å². The van der Waals surface area contributed by atoms with Gasteiger partial charge in [0.2, 0.25) is 5.72 Å². The first-order valence-electron chi connectivity index (χ1n) is 12.4. The fourth-order valence-electron chi connectivity index (χ4n) is 4.04. The minimum Gasteiger partial charge on any atom is -0.459 e. The summed E-state index contributed by atoms with van der Waals surface area (Å²) in [5.41, 5.74) is 8.25. The number of anilines is 1. The number of carbonyl (C=O) groups is 1. The zero-order valence-corrected chi connectivity index (χ0v) is 21.9. The van der Waals surface area contributed by atoms with Crippen molar-refractivity contribution < 1.29 is 14.4 Å². The largest absolute Gasteiger partial charge is 0.459 e. The molecular weight excluding hydrogens is 468 g/mol. The van der Waals surface area contributed by atoms with E-state index in [1.807, 2.05) is 67.6 Å². The third-order valence-electron chi connectivity index (χ3n) is 6.29. The van der Waals surface area contributed by atoms with Crippen molar-refractivity contribution >= 4 is 23.0 Å². The molecular formula is C28H36N6O3. The maximum Gasteiger partial charge on any atom is 0.237 e. The molecule has 0 spiro atoms. The molecule has 37 heavy (non-hydrogen) atoms. The Balaban J connectivity index is 1.45. The van der Waals surface area contributed by atoms with Crippen LogP contribution in [-0.2, 0) is 9.63 Å². The van der Waals surface area contributed by atoms with Crippen molar-refractivity contribution in [2.45, 2.75) is 45.8 Å². The van der Waals surface area contributed by atoms with Gasteiger partial charge in [0.05, 0.1) is 5.69 Å². The van der Waals surface area contributed by atoms with Gasteiger partial charge in [-0.05, 0) is 48.5 Å². The summed E-state index contributed by atoms with van der Waals surface area (Å²) in [6, 6.07) is 7.56. The van der Waals surface area contributed by atoms with Gasteiger partial charge in [-0.25, -0.2) is 5.01 Å². The molecule has 1 aliphatic carbocycles. The number of nitrogens with zero attached hydrogens (tertiary/aromatic N) is 3. The van der Waals surface area contributed by atoms with Crippen molar-refractivity contribution in [2.24, 2.45) is 22.2 Å². The summed E-state index contributed by atoms with van der Waals surface area (Å²) in [6.45, 7) is 6.11. The van der Waals surface area contributed by atoms with Crippen molar-refractivity contribution in [3.05, 3.63) is 72.4 Å². The molecule has 0 saturated carbocycles. The Morgan fingerprint density at radius 1 is 1.35 bits per heavy atom. The highest BCUT2D eigenvalue weighted by molar-refractivity contribution is 6.46. The number of ether oxygens (including phenoxy) is 1. The Morgan fingerprint density at radius 2 is 2.11 bits per heavy atom. The highest BCUT2D eigenvalue weighted by Gasteiger charge is 2.41. The lowest BCUT2D eigenvalue weighted by Crippen LogP contribution is -2.45. The average molecular weight is 505 g/mol. The molecule has 0 aromatic heterocycles. The number of oxime groups is 1. The zero-order valence-electron chi connectivity index (χ0n) is 21.9. The quantitative estimate of drug-likeness (QED) is 0.0798. The van der Waals surface area contributed by atoms with E-state index < -0.39 is 5.72 Å². The highest BCUT2D eigenvalue weighted by Crippen LogP contribution is 2.37. The van der Waals surface area contributed by atoms with Crippen LogP contribution in [0.25, 0.3) is 0 Å². The Kier molecular flexibility index (Phi) is 9.54. The number of allylic oxidation sites excluding steroid dienone is 6. The van der Waals surface area contributed by atoms with Crippen LogP contribution >= 0.6 is 0 Å². The first kappa shape index (κ1) is 27.6. The van der Waals surface area contributed by atoms with E-state index in [1.165, 1.54) is 7.05 Å². The fourth-order valence-corrected chi connectivity index (χ4v) is 4.04. The average Bonchev–Trinajstić information content (AvgIpc) is 3.25. The number of hydrogen-bond acceptors (Lipinski definition) is 8. The van der Waals surface area contributed by atoms with Crippen LogP contribution in [0.4, 0.5) is 5.69 Å². The molecule has 1 aliphatic heterocycles. The van der Waals surface area contributed by atoms with Crippen molar-refractivity contribution in [1.29, 1.82) is 10.9 Å². The van der Waals surface area contributed by atoms with Crippen LogP contribution in [0.15, 0.2) is 82.7 Å². The lowest BCUT2D eigenvalue weighted by molar-refractivity contribution is -0.131. The summed E-state index contributed by atoms with van der Waals surface area (Å²) in [5, 5.41) is 20.1. The van der Waals surface area contributed by atoms with Crippen molar-refractivity contribution in [3.63, 3.8) is 0 Å². The molecule has 9 nitrogen and oxygen atoms in total. The molecule has 1 heterocycles. The van der Waals surface area contributed by atoms with Crippen LogP contribution in [-0.4, -0.2) is 41.7 Å². The molecule has 0 fully saturated rings.